The Balaban J connectivity index is 2.09. The molecule has 0 aliphatic carbocycles. The SMILES string of the molecule is O=c1[nH]c2ccccc2nc1N1CCNCC1. The summed E-state index contributed by atoms with van der Waals surface area (Å²) in [5.74, 6) is 0.533. The van der Waals surface area contributed by atoms with Gasteiger partial charge >= 0.3 is 0 Å². The van der Waals surface area contributed by atoms with Crippen molar-refractivity contribution in [3.63, 3.8) is 0 Å². The molecule has 88 valence electrons. The summed E-state index contributed by atoms with van der Waals surface area (Å²) in [6, 6.07) is 7.60. The predicted molar refractivity (Wildman–Crippen MR) is 67.4 cm³/mol. The monoisotopic (exact) mass is 230 g/mol. The summed E-state index contributed by atoms with van der Waals surface area (Å²) in [5.41, 5.74) is 1.52. The van der Waals surface area contributed by atoms with Crippen LogP contribution in [0.15, 0.2) is 29.1 Å². The lowest BCUT2D eigenvalue weighted by atomic mass is 10.3. The van der Waals surface area contributed by atoms with Crippen LogP contribution < -0.4 is 15.8 Å². The van der Waals surface area contributed by atoms with E-state index in [1.165, 1.54) is 0 Å². The zero-order valence-corrected chi connectivity index (χ0v) is 9.44. The molecule has 1 aromatic carbocycles. The third kappa shape index (κ3) is 1.89. The number of piperazine rings is 1. The second kappa shape index (κ2) is 4.18. The van der Waals surface area contributed by atoms with Gasteiger partial charge in [0.1, 0.15) is 0 Å². The van der Waals surface area contributed by atoms with Crippen LogP contribution in [0.5, 0.6) is 0 Å². The van der Waals surface area contributed by atoms with Crippen LogP contribution >= 0.6 is 0 Å². The van der Waals surface area contributed by atoms with Gasteiger partial charge in [-0.25, -0.2) is 4.98 Å². The number of hydrogen-bond acceptors (Lipinski definition) is 4. The van der Waals surface area contributed by atoms with Gasteiger partial charge in [-0.05, 0) is 12.1 Å². The smallest absolute Gasteiger partial charge is 0.291 e. The van der Waals surface area contributed by atoms with E-state index in [1.807, 2.05) is 29.2 Å². The maximum absolute atomic E-state index is 12.0. The lowest BCUT2D eigenvalue weighted by molar-refractivity contribution is 0.583. The minimum atomic E-state index is -0.106. The molecule has 1 aliphatic rings. The standard InChI is InChI=1S/C12H14N4O/c17-12-11(16-7-5-13-6-8-16)14-9-3-1-2-4-10(9)15-12/h1-4,13H,5-8H2,(H,15,17). The normalized spacial score (nSPS) is 16.4. The highest BCUT2D eigenvalue weighted by molar-refractivity contribution is 5.75. The molecular weight excluding hydrogens is 216 g/mol. The molecule has 0 amide bonds. The second-order valence-corrected chi connectivity index (χ2v) is 4.14. The van der Waals surface area contributed by atoms with E-state index in [0.29, 0.717) is 5.82 Å². The Morgan fingerprint density at radius 1 is 1.18 bits per heavy atom. The Kier molecular flexibility index (Phi) is 2.53. The van der Waals surface area contributed by atoms with E-state index in [0.717, 1.165) is 37.2 Å². The van der Waals surface area contributed by atoms with Gasteiger partial charge in [-0.15, -0.1) is 0 Å². The number of aromatic nitrogens is 2. The number of H-pyrrole nitrogens is 1. The summed E-state index contributed by atoms with van der Waals surface area (Å²) in [5, 5.41) is 3.26. The van der Waals surface area contributed by atoms with Crippen molar-refractivity contribution >= 4 is 16.9 Å². The number of para-hydroxylation sites is 2. The summed E-state index contributed by atoms with van der Waals surface area (Å²) in [6.45, 7) is 3.45. The van der Waals surface area contributed by atoms with Gasteiger partial charge in [-0.3, -0.25) is 4.79 Å². The second-order valence-electron chi connectivity index (χ2n) is 4.14. The average molecular weight is 230 g/mol. The number of benzene rings is 1. The molecule has 2 heterocycles. The highest BCUT2D eigenvalue weighted by atomic mass is 16.1. The Morgan fingerprint density at radius 2 is 1.94 bits per heavy atom. The topological polar surface area (TPSA) is 61.0 Å². The van der Waals surface area contributed by atoms with Crippen molar-refractivity contribution in [1.82, 2.24) is 15.3 Å². The third-order valence-corrected chi connectivity index (χ3v) is 3.00. The van der Waals surface area contributed by atoms with Crippen molar-refractivity contribution in [3.05, 3.63) is 34.6 Å². The summed E-state index contributed by atoms with van der Waals surface area (Å²) in [6.07, 6.45) is 0. The fraction of sp³-hybridized carbons (Fsp3) is 0.333. The van der Waals surface area contributed by atoms with Gasteiger partial charge < -0.3 is 15.2 Å². The largest absolute Gasteiger partial charge is 0.349 e. The molecule has 0 bridgehead atoms. The van der Waals surface area contributed by atoms with Crippen LogP contribution in [0.1, 0.15) is 0 Å². The van der Waals surface area contributed by atoms with Gasteiger partial charge in [0, 0.05) is 26.2 Å². The molecule has 2 aromatic rings. The van der Waals surface area contributed by atoms with Crippen LogP contribution in [0.3, 0.4) is 0 Å². The molecule has 0 atom stereocenters. The number of nitrogens with one attached hydrogen (secondary N) is 2. The average Bonchev–Trinajstić information content (AvgIpc) is 2.39. The number of rotatable bonds is 1. The van der Waals surface area contributed by atoms with Crippen molar-refractivity contribution in [1.29, 1.82) is 0 Å². The number of anilines is 1. The molecule has 3 rings (SSSR count). The first-order chi connectivity index (χ1) is 8.34. The van der Waals surface area contributed by atoms with E-state index >= 15 is 0 Å². The zero-order valence-electron chi connectivity index (χ0n) is 9.44. The van der Waals surface area contributed by atoms with E-state index in [-0.39, 0.29) is 5.56 Å². The Hall–Kier alpha value is -1.88. The van der Waals surface area contributed by atoms with Crippen molar-refractivity contribution in [2.24, 2.45) is 0 Å². The summed E-state index contributed by atoms with van der Waals surface area (Å²) in [4.78, 5) is 21.3. The summed E-state index contributed by atoms with van der Waals surface area (Å²) in [7, 11) is 0. The molecule has 5 heteroatoms. The number of nitrogens with zero attached hydrogens (tertiary/aromatic N) is 2. The zero-order chi connectivity index (χ0) is 11.7. The number of hydrogen-bond donors (Lipinski definition) is 2. The van der Waals surface area contributed by atoms with Crippen LogP contribution in [-0.4, -0.2) is 36.1 Å². The van der Waals surface area contributed by atoms with Gasteiger partial charge in [-0.1, -0.05) is 12.1 Å². The van der Waals surface area contributed by atoms with Crippen LogP contribution in [0.2, 0.25) is 0 Å². The Bertz CT molecular complexity index is 586. The minimum absolute atomic E-state index is 0.106. The van der Waals surface area contributed by atoms with Crippen molar-refractivity contribution in [3.8, 4) is 0 Å². The Morgan fingerprint density at radius 3 is 2.76 bits per heavy atom. The quantitative estimate of drug-likeness (QED) is 0.741. The molecule has 17 heavy (non-hydrogen) atoms. The highest BCUT2D eigenvalue weighted by Crippen LogP contribution is 2.11. The molecule has 1 fully saturated rings. The van der Waals surface area contributed by atoms with Crippen LogP contribution in [0, 0.1) is 0 Å². The van der Waals surface area contributed by atoms with E-state index < -0.39 is 0 Å². The van der Waals surface area contributed by atoms with Crippen LogP contribution in [-0.2, 0) is 0 Å². The molecule has 0 saturated carbocycles. The van der Waals surface area contributed by atoms with Gasteiger partial charge in [0.25, 0.3) is 5.56 Å². The van der Waals surface area contributed by atoms with Gasteiger partial charge in [0.15, 0.2) is 5.82 Å². The van der Waals surface area contributed by atoms with E-state index in [2.05, 4.69) is 15.3 Å². The fourth-order valence-electron chi connectivity index (χ4n) is 2.11. The first kappa shape index (κ1) is 10.3. The van der Waals surface area contributed by atoms with E-state index in [9.17, 15) is 4.79 Å². The molecular formula is C12H14N4O. The lowest BCUT2D eigenvalue weighted by Crippen LogP contribution is -2.45. The predicted octanol–water partition coefficient (Wildman–Crippen LogP) is 0.333. The Labute approximate surface area is 98.5 Å². The van der Waals surface area contributed by atoms with Gasteiger partial charge in [0.05, 0.1) is 11.0 Å². The van der Waals surface area contributed by atoms with Crippen molar-refractivity contribution in [2.75, 3.05) is 31.1 Å². The molecule has 0 spiro atoms. The minimum Gasteiger partial charge on any atom is -0.349 e. The van der Waals surface area contributed by atoms with Gasteiger partial charge in [0.2, 0.25) is 0 Å². The first-order valence-electron chi connectivity index (χ1n) is 5.79. The molecule has 0 radical (unpaired) electrons. The molecule has 1 saturated heterocycles. The maximum Gasteiger partial charge on any atom is 0.291 e. The fourth-order valence-corrected chi connectivity index (χ4v) is 2.11. The van der Waals surface area contributed by atoms with Crippen LogP contribution in [0.4, 0.5) is 5.82 Å². The highest BCUT2D eigenvalue weighted by Gasteiger charge is 2.15. The number of fused-ring (bicyclic) bond motifs is 1. The van der Waals surface area contributed by atoms with Crippen molar-refractivity contribution < 1.29 is 0 Å². The summed E-state index contributed by atoms with van der Waals surface area (Å²) >= 11 is 0. The maximum atomic E-state index is 12.0. The van der Waals surface area contributed by atoms with Crippen LogP contribution in [0.25, 0.3) is 11.0 Å². The molecule has 0 unspecified atom stereocenters. The number of aromatic amines is 1. The van der Waals surface area contributed by atoms with E-state index in [4.69, 9.17) is 0 Å². The summed E-state index contributed by atoms with van der Waals surface area (Å²) < 4.78 is 0. The first-order valence-corrected chi connectivity index (χ1v) is 5.79. The molecule has 2 N–H and O–H groups in total. The molecule has 5 nitrogen and oxygen atoms in total. The lowest BCUT2D eigenvalue weighted by Gasteiger charge is -2.27. The van der Waals surface area contributed by atoms with Crippen molar-refractivity contribution in [2.45, 2.75) is 0 Å². The van der Waals surface area contributed by atoms with Gasteiger partial charge in [-0.2, -0.15) is 0 Å². The molecule has 1 aromatic heterocycles. The molecule has 1 aliphatic heterocycles. The third-order valence-electron chi connectivity index (χ3n) is 3.00. The van der Waals surface area contributed by atoms with E-state index in [1.54, 1.807) is 0 Å².